The van der Waals surface area contributed by atoms with E-state index in [2.05, 4.69) is 20.4 Å². The minimum atomic E-state index is -0.458. The number of nitrogen functional groups attached to an aromatic ring is 1. The van der Waals surface area contributed by atoms with Gasteiger partial charge < -0.3 is 5.73 Å². The molecule has 0 aliphatic carbocycles. The third kappa shape index (κ3) is 1.38. The molecule has 0 atom stereocenters. The van der Waals surface area contributed by atoms with Gasteiger partial charge in [0.1, 0.15) is 0 Å². The summed E-state index contributed by atoms with van der Waals surface area (Å²) in [5.74, 6) is 0. The molecule has 0 saturated carbocycles. The first kappa shape index (κ1) is 10.1. The summed E-state index contributed by atoms with van der Waals surface area (Å²) in [4.78, 5) is 23.1. The quantitative estimate of drug-likeness (QED) is 0.479. The standard InChI is InChI=1S/C9H9N5O2/c1-11-12-5-3-2-4(10)6-7(5)9(16)14-13-8(6)15/h2-3H,10H2,1H3,(H,13,15)(H,14,16). The molecule has 4 N–H and O–H groups in total. The number of hydrogen-bond donors (Lipinski definition) is 3. The van der Waals surface area contributed by atoms with Gasteiger partial charge in [0.2, 0.25) is 0 Å². The molecule has 0 radical (unpaired) electrons. The Morgan fingerprint density at radius 3 is 2.38 bits per heavy atom. The number of aromatic nitrogens is 2. The Hall–Kier alpha value is -2.44. The van der Waals surface area contributed by atoms with Crippen molar-refractivity contribution < 1.29 is 0 Å². The van der Waals surface area contributed by atoms with E-state index in [1.807, 2.05) is 0 Å². The first-order valence-corrected chi connectivity index (χ1v) is 4.48. The van der Waals surface area contributed by atoms with Crippen LogP contribution in [0.3, 0.4) is 0 Å². The van der Waals surface area contributed by atoms with Gasteiger partial charge in [-0.3, -0.25) is 19.8 Å². The molecule has 82 valence electrons. The Balaban J connectivity index is 3.09. The minimum Gasteiger partial charge on any atom is -0.398 e. The predicted molar refractivity (Wildman–Crippen MR) is 60.0 cm³/mol. The number of fused-ring (bicyclic) bond motifs is 1. The molecule has 1 aromatic carbocycles. The van der Waals surface area contributed by atoms with Crippen molar-refractivity contribution in [1.29, 1.82) is 0 Å². The van der Waals surface area contributed by atoms with Gasteiger partial charge in [-0.15, -0.1) is 0 Å². The molecule has 1 aromatic heterocycles. The molecule has 0 saturated heterocycles. The second-order valence-electron chi connectivity index (χ2n) is 3.13. The number of nitrogens with zero attached hydrogens (tertiary/aromatic N) is 2. The van der Waals surface area contributed by atoms with E-state index in [1.165, 1.54) is 13.1 Å². The molecule has 0 fully saturated rings. The second kappa shape index (κ2) is 3.61. The van der Waals surface area contributed by atoms with Crippen LogP contribution in [-0.2, 0) is 0 Å². The molecule has 2 aromatic rings. The number of nitrogens with one attached hydrogen (secondary N) is 2. The zero-order chi connectivity index (χ0) is 11.7. The number of aromatic amines is 2. The molecule has 0 aliphatic heterocycles. The number of rotatable bonds is 1. The smallest absolute Gasteiger partial charge is 0.272 e. The lowest BCUT2D eigenvalue weighted by atomic mass is 10.1. The maximum atomic E-state index is 11.6. The van der Waals surface area contributed by atoms with Crippen molar-refractivity contribution in [3.8, 4) is 0 Å². The average Bonchev–Trinajstić information content (AvgIpc) is 2.26. The van der Waals surface area contributed by atoms with Crippen LogP contribution in [0.25, 0.3) is 10.8 Å². The highest BCUT2D eigenvalue weighted by atomic mass is 16.1. The molecule has 7 nitrogen and oxygen atoms in total. The van der Waals surface area contributed by atoms with Gasteiger partial charge >= 0.3 is 0 Å². The van der Waals surface area contributed by atoms with Gasteiger partial charge in [-0.25, -0.2) is 0 Å². The maximum absolute atomic E-state index is 11.6. The van der Waals surface area contributed by atoms with Crippen LogP contribution >= 0.6 is 0 Å². The molecule has 1 heterocycles. The number of benzene rings is 1. The first-order chi connectivity index (χ1) is 7.65. The van der Waals surface area contributed by atoms with Gasteiger partial charge in [-0.2, -0.15) is 10.2 Å². The third-order valence-electron chi connectivity index (χ3n) is 2.17. The number of azo groups is 1. The van der Waals surface area contributed by atoms with Crippen LogP contribution in [0.2, 0.25) is 0 Å². The lowest BCUT2D eigenvalue weighted by Gasteiger charge is -2.01. The molecular weight excluding hydrogens is 210 g/mol. The van der Waals surface area contributed by atoms with Gasteiger partial charge in [0, 0.05) is 12.7 Å². The fourth-order valence-corrected chi connectivity index (χ4v) is 1.51. The third-order valence-corrected chi connectivity index (χ3v) is 2.17. The van der Waals surface area contributed by atoms with Crippen molar-refractivity contribution in [1.82, 2.24) is 10.2 Å². The first-order valence-electron chi connectivity index (χ1n) is 4.48. The van der Waals surface area contributed by atoms with Crippen LogP contribution in [0, 0.1) is 0 Å². The predicted octanol–water partition coefficient (Wildman–Crippen LogP) is 0.512. The van der Waals surface area contributed by atoms with Crippen LogP contribution in [0.4, 0.5) is 11.4 Å². The van der Waals surface area contributed by atoms with Crippen molar-refractivity contribution in [3.63, 3.8) is 0 Å². The van der Waals surface area contributed by atoms with Crippen molar-refractivity contribution in [2.75, 3.05) is 12.8 Å². The molecule has 0 unspecified atom stereocenters. The Morgan fingerprint density at radius 2 is 1.75 bits per heavy atom. The van der Waals surface area contributed by atoms with Crippen LogP contribution in [0.1, 0.15) is 0 Å². The second-order valence-corrected chi connectivity index (χ2v) is 3.13. The summed E-state index contributed by atoms with van der Waals surface area (Å²) in [7, 11) is 1.48. The SMILES string of the molecule is CN=Nc1ccc(N)c2c(=O)[nH][nH]c(=O)c12. The molecule has 16 heavy (non-hydrogen) atoms. The summed E-state index contributed by atoms with van der Waals surface area (Å²) in [6, 6.07) is 3.06. The topological polar surface area (TPSA) is 116 Å². The number of hydrogen-bond acceptors (Lipinski definition) is 5. The van der Waals surface area contributed by atoms with E-state index in [-0.39, 0.29) is 16.5 Å². The van der Waals surface area contributed by atoms with Crippen molar-refractivity contribution in [2.45, 2.75) is 0 Å². The lowest BCUT2D eigenvalue weighted by molar-refractivity contribution is 0.976. The molecule has 0 spiro atoms. The minimum absolute atomic E-state index is 0.133. The van der Waals surface area contributed by atoms with Gasteiger partial charge in [0.25, 0.3) is 11.1 Å². The average molecular weight is 219 g/mol. The summed E-state index contributed by atoms with van der Waals surface area (Å²) >= 11 is 0. The summed E-state index contributed by atoms with van der Waals surface area (Å²) in [5.41, 5.74) is 5.29. The highest BCUT2D eigenvalue weighted by Gasteiger charge is 2.10. The molecule has 0 amide bonds. The monoisotopic (exact) mass is 219 g/mol. The van der Waals surface area contributed by atoms with Gasteiger partial charge in [0.15, 0.2) is 0 Å². The highest BCUT2D eigenvalue weighted by Crippen LogP contribution is 2.24. The van der Waals surface area contributed by atoms with Crippen LogP contribution in [0.5, 0.6) is 0 Å². The Morgan fingerprint density at radius 1 is 1.12 bits per heavy atom. The number of H-pyrrole nitrogens is 2. The summed E-state index contributed by atoms with van der Waals surface area (Å²) in [6.45, 7) is 0. The summed E-state index contributed by atoms with van der Waals surface area (Å²) in [5, 5.41) is 12.1. The van der Waals surface area contributed by atoms with Crippen molar-refractivity contribution >= 4 is 22.1 Å². The van der Waals surface area contributed by atoms with Crippen molar-refractivity contribution in [3.05, 3.63) is 32.8 Å². The van der Waals surface area contributed by atoms with E-state index in [9.17, 15) is 9.59 Å². The van der Waals surface area contributed by atoms with Crippen LogP contribution in [0.15, 0.2) is 32.0 Å². The summed E-state index contributed by atoms with van der Waals surface area (Å²) in [6.07, 6.45) is 0. The van der Waals surface area contributed by atoms with E-state index in [0.29, 0.717) is 5.69 Å². The summed E-state index contributed by atoms with van der Waals surface area (Å²) < 4.78 is 0. The van der Waals surface area contributed by atoms with Gasteiger partial charge in [-0.05, 0) is 12.1 Å². The number of nitrogens with two attached hydrogens (primary N) is 1. The van der Waals surface area contributed by atoms with E-state index < -0.39 is 11.1 Å². The molecule has 2 rings (SSSR count). The van der Waals surface area contributed by atoms with Gasteiger partial charge in [-0.1, -0.05) is 0 Å². The lowest BCUT2D eigenvalue weighted by Crippen LogP contribution is -2.20. The Bertz CT molecular complexity index is 682. The van der Waals surface area contributed by atoms with Crippen LogP contribution < -0.4 is 16.9 Å². The van der Waals surface area contributed by atoms with Gasteiger partial charge in [0.05, 0.1) is 16.5 Å². The molecule has 7 heteroatoms. The maximum Gasteiger partial charge on any atom is 0.272 e. The zero-order valence-electron chi connectivity index (χ0n) is 8.44. The Labute approximate surface area is 89.0 Å². The fourth-order valence-electron chi connectivity index (χ4n) is 1.51. The Kier molecular flexibility index (Phi) is 2.28. The van der Waals surface area contributed by atoms with E-state index >= 15 is 0 Å². The van der Waals surface area contributed by atoms with Crippen molar-refractivity contribution in [2.24, 2.45) is 10.2 Å². The largest absolute Gasteiger partial charge is 0.398 e. The van der Waals surface area contributed by atoms with E-state index in [1.54, 1.807) is 6.07 Å². The number of anilines is 1. The molecule has 0 bridgehead atoms. The fraction of sp³-hybridized carbons (Fsp3) is 0.111. The zero-order valence-corrected chi connectivity index (χ0v) is 8.44. The highest BCUT2D eigenvalue weighted by molar-refractivity contribution is 5.98. The van der Waals surface area contributed by atoms with E-state index in [4.69, 9.17) is 5.73 Å². The normalized spacial score (nSPS) is 11.3. The van der Waals surface area contributed by atoms with E-state index in [0.717, 1.165) is 0 Å². The molecular formula is C9H9N5O2. The van der Waals surface area contributed by atoms with Crippen LogP contribution in [-0.4, -0.2) is 17.2 Å². The molecule has 0 aliphatic rings.